The van der Waals surface area contributed by atoms with E-state index in [1.807, 2.05) is 12.1 Å². The molecule has 1 N–H and O–H groups in total. The number of carbonyl (C=O) groups is 3. The highest BCUT2D eigenvalue weighted by Crippen LogP contribution is 2.18. The molecule has 1 aliphatic heterocycles. The van der Waals surface area contributed by atoms with Gasteiger partial charge in [-0.1, -0.05) is 38.3 Å². The first kappa shape index (κ1) is 29.0. The SMILES string of the molecule is C.CCC(=O)C(C(=O)CO)N(C)C(=O)c1ccc(C#Cc2ccc(CCCC3CCCO3)cc2)cc1. The molecule has 0 bridgehead atoms. The van der Waals surface area contributed by atoms with Crippen molar-refractivity contribution in [2.75, 3.05) is 20.3 Å². The fourth-order valence-corrected chi connectivity index (χ4v) is 4.21. The second-order valence-corrected chi connectivity index (χ2v) is 8.81. The molecule has 1 heterocycles. The molecule has 2 atom stereocenters. The largest absolute Gasteiger partial charge is 0.388 e. The standard InChI is InChI=1S/C29H33NO5.CH4/c1-3-26(32)28(27(33)20-31)30(2)29(34)24-17-15-23(16-18-24)14-13-22-11-9-21(10-12-22)6-4-7-25-8-5-19-35-25;/h9-12,15-18,25,28,31H,3-8,19-20H2,1-2H3;1H4. The van der Waals surface area contributed by atoms with Crippen molar-refractivity contribution in [3.63, 3.8) is 0 Å². The molecule has 0 aliphatic carbocycles. The Morgan fingerprint density at radius 3 is 2.17 bits per heavy atom. The highest BCUT2D eigenvalue weighted by molar-refractivity contribution is 6.10. The number of hydrogen-bond donors (Lipinski definition) is 1. The maximum atomic E-state index is 12.8. The molecule has 3 rings (SSSR count). The third kappa shape index (κ3) is 7.87. The second kappa shape index (κ2) is 14.3. The third-order valence-electron chi connectivity index (χ3n) is 6.27. The van der Waals surface area contributed by atoms with Crippen LogP contribution in [0.25, 0.3) is 0 Å². The summed E-state index contributed by atoms with van der Waals surface area (Å²) in [5, 5.41) is 9.17. The lowest BCUT2D eigenvalue weighted by molar-refractivity contribution is -0.134. The zero-order valence-electron chi connectivity index (χ0n) is 20.5. The zero-order chi connectivity index (χ0) is 25.2. The quantitative estimate of drug-likeness (QED) is 0.398. The zero-order valence-corrected chi connectivity index (χ0v) is 20.5. The van der Waals surface area contributed by atoms with Crippen molar-refractivity contribution >= 4 is 17.5 Å². The molecule has 192 valence electrons. The van der Waals surface area contributed by atoms with Crippen LogP contribution in [0.5, 0.6) is 0 Å². The fraction of sp³-hybridized carbons (Fsp3) is 0.433. The van der Waals surface area contributed by atoms with Crippen molar-refractivity contribution in [3.05, 3.63) is 70.8 Å². The van der Waals surface area contributed by atoms with Gasteiger partial charge in [0, 0.05) is 36.8 Å². The number of hydrogen-bond acceptors (Lipinski definition) is 5. The number of aliphatic hydroxyl groups is 1. The monoisotopic (exact) mass is 491 g/mol. The summed E-state index contributed by atoms with van der Waals surface area (Å²) >= 11 is 0. The number of Topliss-reactive ketones (excluding diaryl/α,β-unsaturated/α-hetero) is 2. The van der Waals surface area contributed by atoms with Gasteiger partial charge >= 0.3 is 0 Å². The fourth-order valence-electron chi connectivity index (χ4n) is 4.21. The molecule has 1 fully saturated rings. The predicted octanol–water partition coefficient (Wildman–Crippen LogP) is 4.21. The second-order valence-electron chi connectivity index (χ2n) is 8.81. The summed E-state index contributed by atoms with van der Waals surface area (Å²) in [4.78, 5) is 38.0. The minimum atomic E-state index is -1.28. The molecule has 6 nitrogen and oxygen atoms in total. The number of aryl methyl sites for hydroxylation is 1. The number of carbonyl (C=O) groups excluding carboxylic acids is 3. The van der Waals surface area contributed by atoms with Gasteiger partial charge in [-0.05, 0) is 74.1 Å². The van der Waals surface area contributed by atoms with Gasteiger partial charge in [-0.25, -0.2) is 0 Å². The van der Waals surface area contributed by atoms with Gasteiger partial charge in [0.2, 0.25) is 0 Å². The number of nitrogens with zero attached hydrogens (tertiary/aromatic N) is 1. The molecular formula is C30H37NO5. The van der Waals surface area contributed by atoms with Crippen LogP contribution in [0.1, 0.15) is 73.5 Å². The van der Waals surface area contributed by atoms with E-state index in [4.69, 9.17) is 4.74 Å². The van der Waals surface area contributed by atoms with Crippen LogP contribution >= 0.6 is 0 Å². The number of benzene rings is 2. The molecule has 36 heavy (non-hydrogen) atoms. The van der Waals surface area contributed by atoms with Gasteiger partial charge in [0.05, 0.1) is 6.10 Å². The van der Waals surface area contributed by atoms with E-state index < -0.39 is 30.1 Å². The Balaban J connectivity index is 0.00000456. The number of ether oxygens (including phenoxy) is 1. The number of ketones is 2. The van der Waals surface area contributed by atoms with Crippen molar-refractivity contribution in [1.29, 1.82) is 0 Å². The number of aliphatic hydroxyl groups excluding tert-OH is 1. The van der Waals surface area contributed by atoms with Crippen molar-refractivity contribution < 1.29 is 24.2 Å². The van der Waals surface area contributed by atoms with Crippen LogP contribution in [0.3, 0.4) is 0 Å². The summed E-state index contributed by atoms with van der Waals surface area (Å²) in [6.45, 7) is 1.73. The average molecular weight is 492 g/mol. The lowest BCUT2D eigenvalue weighted by atomic mass is 10.0. The van der Waals surface area contributed by atoms with E-state index in [1.54, 1.807) is 31.2 Å². The van der Waals surface area contributed by atoms with Crippen molar-refractivity contribution in [1.82, 2.24) is 4.90 Å². The maximum absolute atomic E-state index is 12.8. The highest BCUT2D eigenvalue weighted by Gasteiger charge is 2.32. The summed E-state index contributed by atoms with van der Waals surface area (Å²) in [6, 6.07) is 13.7. The van der Waals surface area contributed by atoms with Crippen LogP contribution in [0.4, 0.5) is 0 Å². The minimum Gasteiger partial charge on any atom is -0.388 e. The summed E-state index contributed by atoms with van der Waals surface area (Å²) < 4.78 is 5.68. The Morgan fingerprint density at radius 1 is 1.03 bits per heavy atom. The first-order valence-electron chi connectivity index (χ1n) is 12.2. The van der Waals surface area contributed by atoms with Crippen LogP contribution in [-0.2, 0) is 20.7 Å². The lowest BCUT2D eigenvalue weighted by Crippen LogP contribution is -2.48. The molecule has 2 unspecified atom stereocenters. The van der Waals surface area contributed by atoms with Crippen LogP contribution in [0.15, 0.2) is 48.5 Å². The van der Waals surface area contributed by atoms with Gasteiger partial charge in [0.1, 0.15) is 6.61 Å². The summed E-state index contributed by atoms with van der Waals surface area (Å²) in [5.74, 6) is 4.68. The number of amides is 1. The summed E-state index contributed by atoms with van der Waals surface area (Å²) in [5.41, 5.74) is 3.29. The van der Waals surface area contributed by atoms with Crippen LogP contribution in [0, 0.1) is 11.8 Å². The van der Waals surface area contributed by atoms with E-state index >= 15 is 0 Å². The predicted molar refractivity (Wildman–Crippen MR) is 141 cm³/mol. The van der Waals surface area contributed by atoms with Gasteiger partial charge in [-0.2, -0.15) is 0 Å². The van der Waals surface area contributed by atoms with E-state index in [1.165, 1.54) is 25.5 Å². The molecule has 0 saturated carbocycles. The number of likely N-dealkylation sites (N-methyl/N-ethyl adjacent to an activating group) is 1. The highest BCUT2D eigenvalue weighted by atomic mass is 16.5. The Kier molecular flexibility index (Phi) is 11.5. The van der Waals surface area contributed by atoms with Crippen LogP contribution in [-0.4, -0.2) is 59.9 Å². The van der Waals surface area contributed by atoms with Crippen molar-refractivity contribution in [2.45, 2.75) is 65.0 Å². The first-order chi connectivity index (χ1) is 16.9. The Hall–Kier alpha value is -3.27. The van der Waals surface area contributed by atoms with E-state index in [0.717, 1.165) is 41.9 Å². The average Bonchev–Trinajstić information content (AvgIpc) is 3.41. The van der Waals surface area contributed by atoms with E-state index in [9.17, 15) is 19.5 Å². The van der Waals surface area contributed by atoms with Gasteiger partial charge < -0.3 is 14.7 Å². The smallest absolute Gasteiger partial charge is 0.254 e. The van der Waals surface area contributed by atoms with Gasteiger partial charge in [-0.15, -0.1) is 0 Å². The van der Waals surface area contributed by atoms with Gasteiger partial charge in [-0.3, -0.25) is 14.4 Å². The summed E-state index contributed by atoms with van der Waals surface area (Å²) in [6.07, 6.45) is 6.17. The topological polar surface area (TPSA) is 83.9 Å². The van der Waals surface area contributed by atoms with E-state index in [0.29, 0.717) is 11.7 Å². The van der Waals surface area contributed by atoms with Crippen LogP contribution < -0.4 is 0 Å². The Bertz CT molecular complexity index is 1060. The normalized spacial score (nSPS) is 15.2. The van der Waals surface area contributed by atoms with Gasteiger partial charge in [0.25, 0.3) is 5.91 Å². The maximum Gasteiger partial charge on any atom is 0.254 e. The van der Waals surface area contributed by atoms with Gasteiger partial charge in [0.15, 0.2) is 17.6 Å². The minimum absolute atomic E-state index is 0. The molecule has 0 aromatic heterocycles. The third-order valence-corrected chi connectivity index (χ3v) is 6.27. The molecular weight excluding hydrogens is 454 g/mol. The molecule has 1 saturated heterocycles. The Morgan fingerprint density at radius 2 is 1.64 bits per heavy atom. The van der Waals surface area contributed by atoms with E-state index in [-0.39, 0.29) is 13.8 Å². The molecule has 2 aromatic rings. The molecule has 6 heteroatoms. The molecule has 0 spiro atoms. The first-order valence-corrected chi connectivity index (χ1v) is 12.2. The lowest BCUT2D eigenvalue weighted by Gasteiger charge is -2.25. The molecule has 0 radical (unpaired) electrons. The Labute approximate surface area is 214 Å². The molecule has 2 aromatic carbocycles. The molecule has 1 amide bonds. The van der Waals surface area contributed by atoms with Crippen LogP contribution in [0.2, 0.25) is 0 Å². The number of rotatable bonds is 10. The van der Waals surface area contributed by atoms with E-state index in [2.05, 4.69) is 24.0 Å². The van der Waals surface area contributed by atoms with Crippen molar-refractivity contribution in [3.8, 4) is 11.8 Å². The molecule has 1 aliphatic rings. The summed E-state index contributed by atoms with van der Waals surface area (Å²) in [7, 11) is 1.40. The van der Waals surface area contributed by atoms with Crippen molar-refractivity contribution in [2.24, 2.45) is 0 Å².